The zero-order valence-corrected chi connectivity index (χ0v) is 14.6. The average Bonchev–Trinajstić information content (AvgIpc) is 3.33. The molecule has 0 amide bonds. The molecule has 0 saturated heterocycles. The summed E-state index contributed by atoms with van der Waals surface area (Å²) in [6.45, 7) is 4.85. The van der Waals surface area contributed by atoms with Crippen LogP contribution in [-0.2, 0) is 18.5 Å². The molecule has 0 bridgehead atoms. The van der Waals surface area contributed by atoms with E-state index in [1.807, 2.05) is 18.2 Å². The molecule has 1 saturated carbocycles. The molecule has 4 heteroatoms. The molecule has 4 rings (SSSR count). The molecule has 1 aliphatic carbocycles. The number of benzene rings is 2. The Morgan fingerprint density at radius 3 is 2.60 bits per heavy atom. The minimum absolute atomic E-state index is 0.166. The van der Waals surface area contributed by atoms with E-state index in [9.17, 15) is 4.39 Å². The van der Waals surface area contributed by atoms with E-state index < -0.39 is 0 Å². The fourth-order valence-corrected chi connectivity index (χ4v) is 3.67. The molecule has 2 aromatic carbocycles. The Morgan fingerprint density at radius 1 is 1.12 bits per heavy atom. The summed E-state index contributed by atoms with van der Waals surface area (Å²) in [6.07, 6.45) is 3.42. The molecular formula is C21H24FN3. The first-order chi connectivity index (χ1) is 12.2. The summed E-state index contributed by atoms with van der Waals surface area (Å²) >= 11 is 0. The summed E-state index contributed by atoms with van der Waals surface area (Å²) in [7, 11) is 0. The Bertz CT molecular complexity index is 862. The predicted octanol–water partition coefficient (Wildman–Crippen LogP) is 4.41. The number of hydrogen-bond donors (Lipinski definition) is 1. The van der Waals surface area contributed by atoms with Gasteiger partial charge >= 0.3 is 0 Å². The van der Waals surface area contributed by atoms with Crippen LogP contribution in [0.4, 0.5) is 4.39 Å². The number of fused-ring (bicyclic) bond motifs is 1. The van der Waals surface area contributed by atoms with Crippen LogP contribution in [0.2, 0.25) is 0 Å². The van der Waals surface area contributed by atoms with Crippen LogP contribution < -0.4 is 5.32 Å². The summed E-state index contributed by atoms with van der Waals surface area (Å²) < 4.78 is 15.5. The lowest BCUT2D eigenvalue weighted by atomic mass is 9.96. The van der Waals surface area contributed by atoms with Crippen molar-refractivity contribution in [1.29, 1.82) is 0 Å². The molecule has 0 spiro atoms. The first-order valence-corrected chi connectivity index (χ1v) is 9.13. The number of hydrogen-bond acceptors (Lipinski definition) is 2. The van der Waals surface area contributed by atoms with E-state index in [1.165, 1.54) is 11.1 Å². The predicted molar refractivity (Wildman–Crippen MR) is 99.0 cm³/mol. The van der Waals surface area contributed by atoms with Crippen LogP contribution in [-0.4, -0.2) is 16.1 Å². The molecule has 1 aromatic heterocycles. The molecule has 1 N–H and O–H groups in total. The van der Waals surface area contributed by atoms with Gasteiger partial charge in [0.15, 0.2) is 0 Å². The fraction of sp³-hybridized carbons (Fsp3) is 0.381. The van der Waals surface area contributed by atoms with E-state index in [0.29, 0.717) is 0 Å². The number of rotatable bonds is 7. The van der Waals surface area contributed by atoms with Crippen molar-refractivity contribution in [1.82, 2.24) is 14.9 Å². The van der Waals surface area contributed by atoms with Crippen molar-refractivity contribution < 1.29 is 4.39 Å². The molecule has 130 valence electrons. The SMILES string of the molecule is CCCn1c(CNCC2(c3ccc(F)cc3)CC2)nc2ccccc21. The molecule has 1 aliphatic rings. The summed E-state index contributed by atoms with van der Waals surface area (Å²) in [4.78, 5) is 4.81. The highest BCUT2D eigenvalue weighted by Crippen LogP contribution is 2.47. The standard InChI is InChI=1S/C21H24FN3/c1-2-13-25-19-6-4-3-5-18(19)24-20(25)14-23-15-21(11-12-21)16-7-9-17(22)10-8-16/h3-10,23H,2,11-15H2,1H3. The maximum Gasteiger partial charge on any atom is 0.123 e. The monoisotopic (exact) mass is 337 g/mol. The number of halogens is 1. The molecule has 25 heavy (non-hydrogen) atoms. The second-order valence-electron chi connectivity index (χ2n) is 7.06. The molecule has 3 nitrogen and oxygen atoms in total. The Labute approximate surface area is 147 Å². The minimum atomic E-state index is -0.166. The molecular weight excluding hydrogens is 313 g/mol. The highest BCUT2D eigenvalue weighted by molar-refractivity contribution is 5.75. The number of imidazole rings is 1. The second kappa shape index (κ2) is 6.60. The molecule has 0 atom stereocenters. The van der Waals surface area contributed by atoms with Crippen LogP contribution >= 0.6 is 0 Å². The number of nitrogens with one attached hydrogen (secondary N) is 1. The maximum atomic E-state index is 13.2. The highest BCUT2D eigenvalue weighted by atomic mass is 19.1. The maximum absolute atomic E-state index is 13.2. The van der Waals surface area contributed by atoms with Gasteiger partial charge in [0.05, 0.1) is 17.6 Å². The smallest absolute Gasteiger partial charge is 0.123 e. The van der Waals surface area contributed by atoms with Crippen molar-refractivity contribution in [2.24, 2.45) is 0 Å². The van der Waals surface area contributed by atoms with Gasteiger partial charge in [-0.2, -0.15) is 0 Å². The first-order valence-electron chi connectivity index (χ1n) is 9.13. The van der Waals surface area contributed by atoms with Crippen molar-refractivity contribution in [3.63, 3.8) is 0 Å². The van der Waals surface area contributed by atoms with E-state index in [-0.39, 0.29) is 11.2 Å². The quantitative estimate of drug-likeness (QED) is 0.692. The van der Waals surface area contributed by atoms with Gasteiger partial charge in [-0.1, -0.05) is 31.2 Å². The summed E-state index contributed by atoms with van der Waals surface area (Å²) in [6, 6.07) is 15.3. The van der Waals surface area contributed by atoms with E-state index in [4.69, 9.17) is 4.98 Å². The number of nitrogens with zero attached hydrogens (tertiary/aromatic N) is 2. The van der Waals surface area contributed by atoms with E-state index in [1.54, 1.807) is 12.1 Å². The van der Waals surface area contributed by atoms with Gasteiger partial charge in [0.2, 0.25) is 0 Å². The van der Waals surface area contributed by atoms with Crippen molar-refractivity contribution in [3.8, 4) is 0 Å². The van der Waals surface area contributed by atoms with Crippen LogP contribution in [0.3, 0.4) is 0 Å². The van der Waals surface area contributed by atoms with Gasteiger partial charge in [0, 0.05) is 18.5 Å². The van der Waals surface area contributed by atoms with Gasteiger partial charge in [0.1, 0.15) is 11.6 Å². The zero-order chi connectivity index (χ0) is 17.3. The third kappa shape index (κ3) is 3.19. The zero-order valence-electron chi connectivity index (χ0n) is 14.6. The molecule has 0 radical (unpaired) electrons. The van der Waals surface area contributed by atoms with Crippen molar-refractivity contribution in [3.05, 3.63) is 65.7 Å². The largest absolute Gasteiger partial charge is 0.327 e. The third-order valence-electron chi connectivity index (χ3n) is 5.24. The number of aromatic nitrogens is 2. The molecule has 1 fully saturated rings. The van der Waals surface area contributed by atoms with Gasteiger partial charge in [-0.25, -0.2) is 9.37 Å². The second-order valence-corrected chi connectivity index (χ2v) is 7.06. The first kappa shape index (κ1) is 16.3. The molecule has 0 unspecified atom stereocenters. The van der Waals surface area contributed by atoms with Crippen molar-refractivity contribution >= 4 is 11.0 Å². The molecule has 3 aromatic rings. The number of para-hydroxylation sites is 2. The fourth-order valence-electron chi connectivity index (χ4n) is 3.67. The van der Waals surface area contributed by atoms with Gasteiger partial charge in [-0.05, 0) is 49.1 Å². The third-order valence-corrected chi connectivity index (χ3v) is 5.24. The lowest BCUT2D eigenvalue weighted by Crippen LogP contribution is -2.27. The highest BCUT2D eigenvalue weighted by Gasteiger charge is 2.43. The Hall–Kier alpha value is -2.20. The minimum Gasteiger partial charge on any atom is -0.327 e. The summed E-state index contributed by atoms with van der Waals surface area (Å²) in [5.41, 5.74) is 3.69. The lowest BCUT2D eigenvalue weighted by molar-refractivity contribution is 0.542. The Balaban J connectivity index is 1.47. The van der Waals surface area contributed by atoms with Crippen molar-refractivity contribution in [2.45, 2.75) is 44.7 Å². The van der Waals surface area contributed by atoms with Gasteiger partial charge in [-0.3, -0.25) is 0 Å². The van der Waals surface area contributed by atoms with Gasteiger partial charge < -0.3 is 9.88 Å². The Morgan fingerprint density at radius 2 is 1.88 bits per heavy atom. The lowest BCUT2D eigenvalue weighted by Gasteiger charge is -2.17. The number of aryl methyl sites for hydroxylation is 1. The van der Waals surface area contributed by atoms with Crippen LogP contribution in [0, 0.1) is 5.82 Å². The summed E-state index contributed by atoms with van der Waals surface area (Å²) in [5.74, 6) is 0.929. The van der Waals surface area contributed by atoms with E-state index in [0.717, 1.165) is 50.2 Å². The topological polar surface area (TPSA) is 29.9 Å². The van der Waals surface area contributed by atoms with Crippen LogP contribution in [0.25, 0.3) is 11.0 Å². The normalized spacial score (nSPS) is 15.6. The summed E-state index contributed by atoms with van der Waals surface area (Å²) in [5, 5.41) is 3.60. The van der Waals surface area contributed by atoms with E-state index >= 15 is 0 Å². The van der Waals surface area contributed by atoms with E-state index in [2.05, 4.69) is 35.0 Å². The Kier molecular flexibility index (Phi) is 4.30. The van der Waals surface area contributed by atoms with Gasteiger partial charge in [-0.15, -0.1) is 0 Å². The van der Waals surface area contributed by atoms with Crippen LogP contribution in [0.1, 0.15) is 37.6 Å². The van der Waals surface area contributed by atoms with Crippen LogP contribution in [0.5, 0.6) is 0 Å². The van der Waals surface area contributed by atoms with Crippen molar-refractivity contribution in [2.75, 3.05) is 6.54 Å². The molecule has 1 heterocycles. The average molecular weight is 337 g/mol. The molecule has 0 aliphatic heterocycles. The van der Waals surface area contributed by atoms with Crippen LogP contribution in [0.15, 0.2) is 48.5 Å². The van der Waals surface area contributed by atoms with Gasteiger partial charge in [0.25, 0.3) is 0 Å².